The number of nitrogens with one attached hydrogen (secondary N) is 2. The van der Waals surface area contributed by atoms with E-state index in [1.807, 2.05) is 18.2 Å². The third-order valence-electron chi connectivity index (χ3n) is 5.15. The van der Waals surface area contributed by atoms with Gasteiger partial charge in [-0.1, -0.05) is 29.8 Å². The lowest BCUT2D eigenvalue weighted by Crippen LogP contribution is -3.13. The van der Waals surface area contributed by atoms with Crippen molar-refractivity contribution in [2.45, 2.75) is 6.54 Å². The first-order valence-electron chi connectivity index (χ1n) is 10.1. The van der Waals surface area contributed by atoms with Crippen LogP contribution in [0.5, 0.6) is 0 Å². The van der Waals surface area contributed by atoms with E-state index in [1.54, 1.807) is 51.7 Å². The number of quaternary nitrogens is 1. The summed E-state index contributed by atoms with van der Waals surface area (Å²) in [5.74, 6) is -0.300. The Morgan fingerprint density at radius 1 is 1.03 bits per heavy atom. The van der Waals surface area contributed by atoms with Gasteiger partial charge in [-0.15, -0.1) is 11.3 Å². The quantitative estimate of drug-likeness (QED) is 0.538. The molecule has 3 aromatic rings. The van der Waals surface area contributed by atoms with Crippen LogP contribution in [0.3, 0.4) is 0 Å². The van der Waals surface area contributed by atoms with E-state index in [-0.39, 0.29) is 23.5 Å². The Hall–Kier alpha value is -2.82. The lowest BCUT2D eigenvalue weighted by molar-refractivity contribution is -0.985. The molecule has 2 aromatic carbocycles. The first kappa shape index (κ1) is 22.4. The topological polar surface area (TPSA) is 93.0 Å². The van der Waals surface area contributed by atoms with Gasteiger partial charge in [-0.2, -0.15) is 5.01 Å². The zero-order valence-electron chi connectivity index (χ0n) is 17.2. The normalized spacial score (nSPS) is 15.4. The van der Waals surface area contributed by atoms with E-state index < -0.39 is 0 Å². The number of hydrogen-bond donors (Lipinski definition) is 2. The number of benzene rings is 2. The van der Waals surface area contributed by atoms with Crippen LogP contribution in [-0.2, 0) is 6.54 Å². The molecule has 0 saturated carbocycles. The van der Waals surface area contributed by atoms with Crippen molar-refractivity contribution >= 4 is 39.9 Å². The maximum atomic E-state index is 12.7. The number of piperazine rings is 1. The Morgan fingerprint density at radius 3 is 2.41 bits per heavy atom. The second-order valence-electron chi connectivity index (χ2n) is 7.32. The highest BCUT2D eigenvalue weighted by atomic mass is 35.5. The molecule has 1 saturated heterocycles. The molecule has 10 heteroatoms. The van der Waals surface area contributed by atoms with Gasteiger partial charge in [0.1, 0.15) is 12.2 Å². The van der Waals surface area contributed by atoms with Crippen molar-refractivity contribution in [2.24, 2.45) is 0 Å². The maximum absolute atomic E-state index is 12.7. The standard InChI is InChI=1S/C22H22ClN5O3S/c23-18-8-6-16(7-9-18)20(29)25-22-24-19(15-32-22)14-28(31)27-12-10-26(11-13-27)21(30)17-4-2-1-3-5-17/h1-9,15,28H,10-14H2,(H,24,25,29). The van der Waals surface area contributed by atoms with E-state index in [0.29, 0.717) is 53.2 Å². The molecule has 2 N–H and O–H groups in total. The number of hydrogen-bond acceptors (Lipinski definition) is 6. The first-order chi connectivity index (χ1) is 15.5. The summed E-state index contributed by atoms with van der Waals surface area (Å²) in [5.41, 5.74) is 1.74. The van der Waals surface area contributed by atoms with E-state index in [9.17, 15) is 14.8 Å². The number of nitrogens with zero attached hydrogens (tertiary/aromatic N) is 3. The minimum Gasteiger partial charge on any atom is -0.613 e. The molecule has 8 nitrogen and oxygen atoms in total. The fraction of sp³-hybridized carbons (Fsp3) is 0.227. The lowest BCUT2D eigenvalue weighted by Gasteiger charge is -2.39. The van der Waals surface area contributed by atoms with E-state index >= 15 is 0 Å². The van der Waals surface area contributed by atoms with Crippen molar-refractivity contribution in [3.8, 4) is 0 Å². The van der Waals surface area contributed by atoms with E-state index in [2.05, 4.69) is 10.3 Å². The molecule has 4 rings (SSSR count). The molecule has 0 spiro atoms. The summed E-state index contributed by atoms with van der Waals surface area (Å²) >= 11 is 7.12. The molecule has 0 aliphatic carbocycles. The summed E-state index contributed by atoms with van der Waals surface area (Å²) in [5, 5.41) is 19.9. The Bertz CT molecular complexity index is 1070. The Morgan fingerprint density at radius 2 is 1.72 bits per heavy atom. The molecule has 1 atom stereocenters. The summed E-state index contributed by atoms with van der Waals surface area (Å²) in [4.78, 5) is 31.0. The number of thiazole rings is 1. The highest BCUT2D eigenvalue weighted by Gasteiger charge is 2.25. The Kier molecular flexibility index (Phi) is 7.13. The number of halogens is 1. The van der Waals surface area contributed by atoms with Gasteiger partial charge in [0.15, 0.2) is 5.13 Å². The molecule has 1 aromatic heterocycles. The van der Waals surface area contributed by atoms with Gasteiger partial charge < -0.3 is 10.1 Å². The van der Waals surface area contributed by atoms with Gasteiger partial charge in [-0.3, -0.25) is 20.1 Å². The minimum atomic E-state index is -0.284. The monoisotopic (exact) mass is 471 g/mol. The third kappa shape index (κ3) is 5.50. The van der Waals surface area contributed by atoms with Crippen LogP contribution >= 0.6 is 22.9 Å². The lowest BCUT2D eigenvalue weighted by atomic mass is 10.2. The number of amides is 2. The second kappa shape index (κ2) is 10.2. The minimum absolute atomic E-state index is 0.0155. The van der Waals surface area contributed by atoms with Gasteiger partial charge in [0.2, 0.25) is 0 Å². The zero-order chi connectivity index (χ0) is 22.5. The molecule has 0 bridgehead atoms. The summed E-state index contributed by atoms with van der Waals surface area (Å²) < 4.78 is 0. The van der Waals surface area contributed by atoms with Gasteiger partial charge in [0, 0.05) is 34.6 Å². The van der Waals surface area contributed by atoms with Crippen LogP contribution in [0.15, 0.2) is 60.0 Å². The van der Waals surface area contributed by atoms with Crippen molar-refractivity contribution < 1.29 is 14.8 Å². The molecule has 1 aliphatic rings. The molecule has 1 unspecified atom stereocenters. The average molecular weight is 472 g/mol. The predicted octanol–water partition coefficient (Wildman–Crippen LogP) is 2.30. The SMILES string of the molecule is O=C(Nc1nc(C[NH+]([O-])N2CCN(C(=O)c3ccccc3)CC2)cs1)c1ccc(Cl)cc1. The van der Waals surface area contributed by atoms with Crippen LogP contribution < -0.4 is 10.5 Å². The van der Waals surface area contributed by atoms with Crippen molar-refractivity contribution in [3.05, 3.63) is 87.0 Å². The number of hydroxylamine groups is 1. The van der Waals surface area contributed by atoms with E-state index in [1.165, 1.54) is 11.3 Å². The van der Waals surface area contributed by atoms with Crippen LogP contribution in [-0.4, -0.2) is 52.9 Å². The number of anilines is 1. The molecule has 1 aliphatic heterocycles. The summed E-state index contributed by atoms with van der Waals surface area (Å²) in [6.07, 6.45) is 0. The smallest absolute Gasteiger partial charge is 0.257 e. The van der Waals surface area contributed by atoms with Gasteiger partial charge >= 0.3 is 0 Å². The molecular formula is C22H22ClN5O3S. The van der Waals surface area contributed by atoms with Crippen LogP contribution in [0.2, 0.25) is 5.02 Å². The van der Waals surface area contributed by atoms with Gasteiger partial charge in [-0.25, -0.2) is 4.98 Å². The Labute approximate surface area is 194 Å². The van der Waals surface area contributed by atoms with Crippen LogP contribution in [0.1, 0.15) is 26.4 Å². The Balaban J connectivity index is 1.27. The molecular weight excluding hydrogens is 450 g/mol. The molecule has 1 fully saturated rings. The van der Waals surface area contributed by atoms with Crippen molar-refractivity contribution in [1.82, 2.24) is 14.9 Å². The van der Waals surface area contributed by atoms with Crippen molar-refractivity contribution in [2.75, 3.05) is 31.5 Å². The van der Waals surface area contributed by atoms with Gasteiger partial charge in [-0.05, 0) is 36.4 Å². The van der Waals surface area contributed by atoms with Crippen molar-refractivity contribution in [1.29, 1.82) is 0 Å². The first-order valence-corrected chi connectivity index (χ1v) is 11.4. The van der Waals surface area contributed by atoms with Crippen LogP contribution in [0, 0.1) is 5.21 Å². The maximum Gasteiger partial charge on any atom is 0.257 e. The summed E-state index contributed by atoms with van der Waals surface area (Å²) in [6.45, 7) is 2.13. The highest BCUT2D eigenvalue weighted by molar-refractivity contribution is 7.13. The number of rotatable bonds is 6. The third-order valence-corrected chi connectivity index (χ3v) is 6.21. The number of carbonyl (C=O) groups excluding carboxylic acids is 2. The fourth-order valence-electron chi connectivity index (χ4n) is 3.41. The number of aromatic nitrogens is 1. The average Bonchev–Trinajstić information content (AvgIpc) is 3.26. The largest absolute Gasteiger partial charge is 0.613 e. The molecule has 32 heavy (non-hydrogen) atoms. The zero-order valence-corrected chi connectivity index (χ0v) is 18.7. The molecule has 2 amide bonds. The summed E-state index contributed by atoms with van der Waals surface area (Å²) in [6, 6.07) is 15.7. The number of carbonyl (C=O) groups is 2. The predicted molar refractivity (Wildman–Crippen MR) is 123 cm³/mol. The summed E-state index contributed by atoms with van der Waals surface area (Å²) in [7, 11) is 0. The van der Waals surface area contributed by atoms with E-state index in [0.717, 1.165) is 0 Å². The highest BCUT2D eigenvalue weighted by Crippen LogP contribution is 2.17. The van der Waals surface area contributed by atoms with Crippen LogP contribution in [0.25, 0.3) is 0 Å². The fourth-order valence-corrected chi connectivity index (χ4v) is 4.24. The molecule has 2 heterocycles. The molecule has 166 valence electrons. The van der Waals surface area contributed by atoms with Gasteiger partial charge in [0.05, 0.1) is 13.1 Å². The second-order valence-corrected chi connectivity index (χ2v) is 8.62. The van der Waals surface area contributed by atoms with Gasteiger partial charge in [0.25, 0.3) is 11.8 Å². The van der Waals surface area contributed by atoms with Crippen LogP contribution in [0.4, 0.5) is 5.13 Å². The molecule has 0 radical (unpaired) electrons. The van der Waals surface area contributed by atoms with E-state index in [4.69, 9.17) is 11.6 Å². The van der Waals surface area contributed by atoms with Crippen molar-refractivity contribution in [3.63, 3.8) is 0 Å².